The third-order valence-corrected chi connectivity index (χ3v) is 3.35. The highest BCUT2D eigenvalue weighted by atomic mass is 16.1. The molecule has 0 bridgehead atoms. The van der Waals surface area contributed by atoms with Gasteiger partial charge in [-0.05, 0) is 31.9 Å². The highest BCUT2D eigenvalue weighted by Gasteiger charge is 2.23. The predicted molar refractivity (Wildman–Crippen MR) is 82.2 cm³/mol. The average molecular weight is 296 g/mol. The van der Waals surface area contributed by atoms with Crippen molar-refractivity contribution in [3.63, 3.8) is 0 Å². The Morgan fingerprint density at radius 2 is 1.86 bits per heavy atom. The highest BCUT2D eigenvalue weighted by molar-refractivity contribution is 5.95. The molecule has 112 valence electrons. The minimum Gasteiger partial charge on any atom is -0.349 e. The van der Waals surface area contributed by atoms with Crippen molar-refractivity contribution in [2.75, 3.05) is 5.32 Å². The maximum absolute atomic E-state index is 11.8. The second kappa shape index (κ2) is 5.93. The van der Waals surface area contributed by atoms with E-state index in [0.717, 1.165) is 18.5 Å². The van der Waals surface area contributed by atoms with Crippen LogP contribution < -0.4 is 10.6 Å². The van der Waals surface area contributed by atoms with Gasteiger partial charge >= 0.3 is 0 Å². The van der Waals surface area contributed by atoms with Crippen molar-refractivity contribution in [1.29, 1.82) is 0 Å². The predicted octanol–water partition coefficient (Wildman–Crippen LogP) is 2.32. The summed E-state index contributed by atoms with van der Waals surface area (Å²) < 4.78 is 0. The average Bonchev–Trinajstić information content (AvgIpc) is 3.32. The summed E-state index contributed by atoms with van der Waals surface area (Å²) in [6.07, 6.45) is 5.06. The number of ketones is 1. The molecule has 1 heterocycles. The van der Waals surface area contributed by atoms with Gasteiger partial charge in [-0.25, -0.2) is 9.97 Å². The molecular weight excluding hydrogens is 280 g/mol. The van der Waals surface area contributed by atoms with Crippen molar-refractivity contribution in [3.05, 3.63) is 47.8 Å². The molecular formula is C16H16N4O2. The number of nitrogens with one attached hydrogen (secondary N) is 2. The second-order valence-electron chi connectivity index (χ2n) is 5.31. The van der Waals surface area contributed by atoms with Gasteiger partial charge in [0.1, 0.15) is 0 Å². The van der Waals surface area contributed by atoms with Gasteiger partial charge in [0.05, 0.1) is 5.56 Å². The Morgan fingerprint density at radius 3 is 2.50 bits per heavy atom. The van der Waals surface area contributed by atoms with Crippen LogP contribution in [0.2, 0.25) is 0 Å². The lowest BCUT2D eigenvalue weighted by molar-refractivity contribution is 0.0949. The molecule has 2 aromatic rings. The van der Waals surface area contributed by atoms with Gasteiger partial charge in [-0.2, -0.15) is 0 Å². The van der Waals surface area contributed by atoms with Crippen molar-refractivity contribution >= 4 is 23.3 Å². The number of carbonyl (C=O) groups excluding carboxylic acids is 2. The number of benzene rings is 1. The van der Waals surface area contributed by atoms with Crippen molar-refractivity contribution in [3.8, 4) is 0 Å². The van der Waals surface area contributed by atoms with Gasteiger partial charge in [0.15, 0.2) is 5.78 Å². The van der Waals surface area contributed by atoms with Gasteiger partial charge in [0.25, 0.3) is 5.91 Å². The molecule has 0 radical (unpaired) electrons. The monoisotopic (exact) mass is 296 g/mol. The van der Waals surface area contributed by atoms with Crippen LogP contribution >= 0.6 is 0 Å². The zero-order valence-corrected chi connectivity index (χ0v) is 12.2. The van der Waals surface area contributed by atoms with Gasteiger partial charge in [-0.15, -0.1) is 0 Å². The van der Waals surface area contributed by atoms with Crippen LogP contribution in [0.3, 0.4) is 0 Å². The first-order valence-electron chi connectivity index (χ1n) is 7.13. The number of Topliss-reactive ketones (excluding diaryl/α,β-unsaturated/α-hetero) is 1. The molecule has 1 amide bonds. The van der Waals surface area contributed by atoms with Crippen molar-refractivity contribution in [2.24, 2.45) is 0 Å². The first kappa shape index (κ1) is 14.2. The molecule has 3 rings (SSSR count). The molecule has 1 aromatic carbocycles. The van der Waals surface area contributed by atoms with Crippen LogP contribution in [0.5, 0.6) is 0 Å². The summed E-state index contributed by atoms with van der Waals surface area (Å²) in [5.74, 6) is 0.230. The zero-order valence-electron chi connectivity index (χ0n) is 12.2. The standard InChI is InChI=1S/C16H16N4O2/c1-10(21)11-3-2-4-14(7-11)20-16-17-8-12(9-18-16)15(22)19-13-5-6-13/h2-4,7-9,13H,5-6H2,1H3,(H,19,22)(H,17,18,20). The molecule has 0 aliphatic heterocycles. The summed E-state index contributed by atoms with van der Waals surface area (Å²) >= 11 is 0. The zero-order chi connectivity index (χ0) is 15.5. The molecule has 1 saturated carbocycles. The number of aromatic nitrogens is 2. The van der Waals surface area contributed by atoms with Crippen molar-refractivity contribution in [2.45, 2.75) is 25.8 Å². The van der Waals surface area contributed by atoms with Crippen LogP contribution in [0.4, 0.5) is 11.6 Å². The number of nitrogens with zero attached hydrogens (tertiary/aromatic N) is 2. The molecule has 1 aliphatic carbocycles. The molecule has 1 aromatic heterocycles. The number of anilines is 2. The van der Waals surface area contributed by atoms with E-state index >= 15 is 0 Å². The summed E-state index contributed by atoms with van der Waals surface area (Å²) in [5, 5.41) is 5.89. The Balaban J connectivity index is 1.69. The molecule has 0 unspecified atom stereocenters. The molecule has 2 N–H and O–H groups in total. The molecule has 1 aliphatic rings. The molecule has 1 fully saturated rings. The highest BCUT2D eigenvalue weighted by Crippen LogP contribution is 2.19. The summed E-state index contributed by atoms with van der Waals surface area (Å²) in [4.78, 5) is 31.5. The maximum Gasteiger partial charge on any atom is 0.254 e. The molecule has 0 atom stereocenters. The summed E-state index contributed by atoms with van der Waals surface area (Å²) in [6.45, 7) is 1.52. The quantitative estimate of drug-likeness (QED) is 0.827. The van der Waals surface area contributed by atoms with Crippen LogP contribution in [-0.2, 0) is 0 Å². The molecule has 0 saturated heterocycles. The minimum absolute atomic E-state index is 0.00309. The van der Waals surface area contributed by atoms with E-state index in [1.165, 1.54) is 19.3 Å². The van der Waals surface area contributed by atoms with E-state index in [2.05, 4.69) is 20.6 Å². The Bertz CT molecular complexity index is 708. The molecule has 22 heavy (non-hydrogen) atoms. The van der Waals surface area contributed by atoms with E-state index in [1.54, 1.807) is 18.2 Å². The van der Waals surface area contributed by atoms with E-state index in [0.29, 0.717) is 23.1 Å². The van der Waals surface area contributed by atoms with Crippen molar-refractivity contribution in [1.82, 2.24) is 15.3 Å². The van der Waals surface area contributed by atoms with Gasteiger partial charge in [-0.3, -0.25) is 9.59 Å². The van der Waals surface area contributed by atoms with Gasteiger partial charge in [0, 0.05) is 29.7 Å². The van der Waals surface area contributed by atoms with Gasteiger partial charge < -0.3 is 10.6 Å². The van der Waals surface area contributed by atoms with E-state index in [1.807, 2.05) is 6.07 Å². The summed E-state index contributed by atoms with van der Waals surface area (Å²) in [7, 11) is 0. The normalized spacial score (nSPS) is 13.5. The van der Waals surface area contributed by atoms with Gasteiger partial charge in [0.2, 0.25) is 5.95 Å². The van der Waals surface area contributed by atoms with Crippen molar-refractivity contribution < 1.29 is 9.59 Å². The third-order valence-electron chi connectivity index (χ3n) is 3.35. The first-order valence-corrected chi connectivity index (χ1v) is 7.13. The van der Waals surface area contributed by atoms with Gasteiger partial charge in [-0.1, -0.05) is 12.1 Å². The Kier molecular flexibility index (Phi) is 3.82. The lowest BCUT2D eigenvalue weighted by atomic mass is 10.1. The van der Waals surface area contributed by atoms with E-state index < -0.39 is 0 Å². The Hall–Kier alpha value is -2.76. The molecule has 0 spiro atoms. The summed E-state index contributed by atoms with van der Waals surface area (Å²) in [6, 6.07) is 7.40. The molecule has 6 nitrogen and oxygen atoms in total. The topological polar surface area (TPSA) is 84.0 Å². The van der Waals surface area contributed by atoms with Crippen LogP contribution in [0, 0.1) is 0 Å². The first-order chi connectivity index (χ1) is 10.6. The minimum atomic E-state index is -0.146. The second-order valence-corrected chi connectivity index (χ2v) is 5.31. The SMILES string of the molecule is CC(=O)c1cccc(Nc2ncc(C(=O)NC3CC3)cn2)c1. The molecule has 6 heteroatoms. The lowest BCUT2D eigenvalue weighted by Crippen LogP contribution is -2.25. The fourth-order valence-electron chi connectivity index (χ4n) is 1.95. The fourth-order valence-corrected chi connectivity index (χ4v) is 1.95. The Labute approximate surface area is 128 Å². The maximum atomic E-state index is 11.8. The number of amides is 1. The van der Waals surface area contributed by atoms with E-state index in [-0.39, 0.29) is 11.7 Å². The van der Waals surface area contributed by atoms with E-state index in [9.17, 15) is 9.59 Å². The summed E-state index contributed by atoms with van der Waals surface area (Å²) in [5.41, 5.74) is 1.78. The number of rotatable bonds is 5. The number of hydrogen-bond donors (Lipinski definition) is 2. The van der Waals surface area contributed by atoms with Crippen LogP contribution in [0.1, 0.15) is 40.5 Å². The smallest absolute Gasteiger partial charge is 0.254 e. The number of hydrogen-bond acceptors (Lipinski definition) is 5. The largest absolute Gasteiger partial charge is 0.349 e. The lowest BCUT2D eigenvalue weighted by Gasteiger charge is -2.07. The third kappa shape index (κ3) is 3.46. The fraction of sp³-hybridized carbons (Fsp3) is 0.250. The van der Waals surface area contributed by atoms with Crippen LogP contribution in [0.25, 0.3) is 0 Å². The Morgan fingerprint density at radius 1 is 1.14 bits per heavy atom. The number of carbonyl (C=O) groups is 2. The van der Waals surface area contributed by atoms with Crippen LogP contribution in [0.15, 0.2) is 36.7 Å². The van der Waals surface area contributed by atoms with E-state index in [4.69, 9.17) is 0 Å². The van der Waals surface area contributed by atoms with Crippen LogP contribution in [-0.4, -0.2) is 27.7 Å².